The van der Waals surface area contributed by atoms with Crippen LogP contribution in [0.4, 0.5) is 21.5 Å². The summed E-state index contributed by atoms with van der Waals surface area (Å²) in [6, 6.07) is 25.9. The third kappa shape index (κ3) is 9.41. The van der Waals surface area contributed by atoms with Gasteiger partial charge in [0.2, 0.25) is 0 Å². The number of azo groups is 1. The van der Waals surface area contributed by atoms with Gasteiger partial charge in [-0.1, -0.05) is 89.0 Å². The highest BCUT2D eigenvalue weighted by atomic mass is 19.1. The van der Waals surface area contributed by atoms with E-state index in [-0.39, 0.29) is 5.82 Å². The third-order valence-electron chi connectivity index (χ3n) is 6.98. The van der Waals surface area contributed by atoms with Gasteiger partial charge in [0, 0.05) is 17.0 Å². The SMILES string of the molecule is CCCCCCCCCCCCOc1ccc(C=Nc2ccc(N=Nc3ccc(F)cc3)c3ccccc23)cc1. The van der Waals surface area contributed by atoms with Crippen molar-refractivity contribution < 1.29 is 9.13 Å². The molecule has 0 saturated carbocycles. The van der Waals surface area contributed by atoms with Gasteiger partial charge in [0.15, 0.2) is 0 Å². The van der Waals surface area contributed by atoms with Crippen molar-refractivity contribution in [3.8, 4) is 5.75 Å². The van der Waals surface area contributed by atoms with Crippen molar-refractivity contribution in [2.75, 3.05) is 6.61 Å². The molecule has 0 aliphatic rings. The van der Waals surface area contributed by atoms with E-state index in [4.69, 9.17) is 9.73 Å². The number of fused-ring (bicyclic) bond motifs is 1. The molecule has 0 atom stereocenters. The molecule has 5 heteroatoms. The van der Waals surface area contributed by atoms with Crippen molar-refractivity contribution in [2.45, 2.75) is 71.1 Å². The number of benzene rings is 4. The predicted octanol–water partition coefficient (Wildman–Crippen LogP) is 11.4. The molecule has 4 rings (SSSR count). The summed E-state index contributed by atoms with van der Waals surface area (Å²) in [6.45, 7) is 3.03. The zero-order valence-corrected chi connectivity index (χ0v) is 23.6. The highest BCUT2D eigenvalue weighted by Crippen LogP contribution is 2.34. The van der Waals surface area contributed by atoms with E-state index in [0.717, 1.165) is 46.5 Å². The number of aliphatic imine (C=N–C) groups is 1. The Balaban J connectivity index is 1.26. The number of nitrogens with zero attached hydrogens (tertiary/aromatic N) is 3. The van der Waals surface area contributed by atoms with E-state index in [2.05, 4.69) is 17.2 Å². The minimum absolute atomic E-state index is 0.293. The maximum absolute atomic E-state index is 13.2. The summed E-state index contributed by atoms with van der Waals surface area (Å²) in [6.07, 6.45) is 15.1. The van der Waals surface area contributed by atoms with Gasteiger partial charge in [0.05, 0.1) is 23.7 Å². The number of ether oxygens (including phenoxy) is 1. The van der Waals surface area contributed by atoms with E-state index >= 15 is 0 Å². The van der Waals surface area contributed by atoms with E-state index in [9.17, 15) is 4.39 Å². The molecule has 0 aromatic heterocycles. The lowest BCUT2D eigenvalue weighted by atomic mass is 10.1. The lowest BCUT2D eigenvalue weighted by Crippen LogP contribution is -1.97. The molecule has 40 heavy (non-hydrogen) atoms. The molecule has 0 aliphatic heterocycles. The van der Waals surface area contributed by atoms with Crippen LogP contribution in [0, 0.1) is 5.82 Å². The first-order valence-electron chi connectivity index (χ1n) is 14.7. The van der Waals surface area contributed by atoms with E-state index in [1.807, 2.05) is 66.9 Å². The smallest absolute Gasteiger partial charge is 0.123 e. The van der Waals surface area contributed by atoms with E-state index in [1.165, 1.54) is 69.9 Å². The minimum Gasteiger partial charge on any atom is -0.494 e. The van der Waals surface area contributed by atoms with Crippen molar-refractivity contribution in [1.82, 2.24) is 0 Å². The fourth-order valence-corrected chi connectivity index (χ4v) is 4.66. The molecular formula is C35H40FN3O. The molecule has 0 amide bonds. The zero-order chi connectivity index (χ0) is 27.8. The number of hydrogen-bond acceptors (Lipinski definition) is 4. The van der Waals surface area contributed by atoms with E-state index < -0.39 is 0 Å². The summed E-state index contributed by atoms with van der Waals surface area (Å²) >= 11 is 0. The van der Waals surface area contributed by atoms with Gasteiger partial charge < -0.3 is 4.74 Å². The molecule has 4 aromatic carbocycles. The second-order valence-electron chi connectivity index (χ2n) is 10.2. The van der Waals surface area contributed by atoms with Gasteiger partial charge in [0.25, 0.3) is 0 Å². The van der Waals surface area contributed by atoms with Crippen molar-refractivity contribution in [1.29, 1.82) is 0 Å². The lowest BCUT2D eigenvalue weighted by molar-refractivity contribution is 0.304. The van der Waals surface area contributed by atoms with Crippen LogP contribution in [0.5, 0.6) is 5.75 Å². The quantitative estimate of drug-likeness (QED) is 0.0796. The normalized spacial score (nSPS) is 11.7. The second kappa shape index (κ2) is 16.3. The topological polar surface area (TPSA) is 46.3 Å². The highest BCUT2D eigenvalue weighted by Gasteiger charge is 2.05. The van der Waals surface area contributed by atoms with E-state index in [0.29, 0.717) is 5.69 Å². The first kappa shape index (κ1) is 29.1. The van der Waals surface area contributed by atoms with Crippen molar-refractivity contribution >= 4 is 34.0 Å². The molecule has 0 fully saturated rings. The van der Waals surface area contributed by atoms with Crippen LogP contribution in [0.15, 0.2) is 100 Å². The Morgan fingerprint density at radius 1 is 0.625 bits per heavy atom. The lowest BCUT2D eigenvalue weighted by Gasteiger charge is -2.07. The standard InChI is InChI=1S/C35H40FN3O/c1-2-3-4-5-6-7-8-9-10-13-26-40-31-22-16-28(17-23-31)27-37-34-24-25-35(33-15-12-11-14-32(33)34)39-38-30-20-18-29(36)19-21-30/h11-12,14-25,27H,2-10,13,26H2,1H3. The van der Waals surface area contributed by atoms with Crippen LogP contribution in [0.3, 0.4) is 0 Å². The fraction of sp³-hybridized carbons (Fsp3) is 0.343. The minimum atomic E-state index is -0.293. The Morgan fingerprint density at radius 3 is 1.90 bits per heavy atom. The molecule has 4 aromatic rings. The monoisotopic (exact) mass is 537 g/mol. The van der Waals surface area contributed by atoms with Gasteiger partial charge in [-0.15, -0.1) is 5.11 Å². The first-order chi connectivity index (χ1) is 19.7. The molecule has 0 bridgehead atoms. The van der Waals surface area contributed by atoms with Gasteiger partial charge >= 0.3 is 0 Å². The molecule has 4 nitrogen and oxygen atoms in total. The van der Waals surface area contributed by atoms with Crippen LogP contribution in [0.25, 0.3) is 10.8 Å². The largest absolute Gasteiger partial charge is 0.494 e. The Labute approximate surface area is 238 Å². The van der Waals surface area contributed by atoms with Gasteiger partial charge in [0.1, 0.15) is 11.6 Å². The Hall–Kier alpha value is -3.86. The molecule has 0 saturated heterocycles. The average Bonchev–Trinajstić information content (AvgIpc) is 2.99. The summed E-state index contributed by atoms with van der Waals surface area (Å²) in [5.74, 6) is 0.604. The van der Waals surface area contributed by atoms with Gasteiger partial charge in [-0.2, -0.15) is 5.11 Å². The second-order valence-corrected chi connectivity index (χ2v) is 10.2. The zero-order valence-electron chi connectivity index (χ0n) is 23.6. The Bertz CT molecular complexity index is 1360. The molecule has 0 N–H and O–H groups in total. The van der Waals surface area contributed by atoms with Crippen molar-refractivity contribution in [2.24, 2.45) is 15.2 Å². The maximum atomic E-state index is 13.2. The van der Waals surface area contributed by atoms with Crippen LogP contribution in [-0.2, 0) is 0 Å². The first-order valence-corrected chi connectivity index (χ1v) is 14.7. The third-order valence-corrected chi connectivity index (χ3v) is 6.98. The fourth-order valence-electron chi connectivity index (χ4n) is 4.66. The number of rotatable bonds is 16. The Morgan fingerprint density at radius 2 is 1.23 bits per heavy atom. The summed E-state index contributed by atoms with van der Waals surface area (Å²) < 4.78 is 19.1. The summed E-state index contributed by atoms with van der Waals surface area (Å²) in [4.78, 5) is 4.76. The van der Waals surface area contributed by atoms with Gasteiger partial charge in [-0.05, 0) is 72.6 Å². The van der Waals surface area contributed by atoms with Crippen LogP contribution in [0.1, 0.15) is 76.7 Å². The van der Waals surface area contributed by atoms with Crippen molar-refractivity contribution in [3.63, 3.8) is 0 Å². The van der Waals surface area contributed by atoms with Gasteiger partial charge in [-0.25, -0.2) is 4.39 Å². The number of halogens is 1. The molecular weight excluding hydrogens is 497 g/mol. The van der Waals surface area contributed by atoms with Crippen LogP contribution in [0.2, 0.25) is 0 Å². The molecule has 208 valence electrons. The average molecular weight is 538 g/mol. The summed E-state index contributed by atoms with van der Waals surface area (Å²) in [7, 11) is 0. The van der Waals surface area contributed by atoms with E-state index in [1.54, 1.807) is 12.1 Å². The van der Waals surface area contributed by atoms with Gasteiger partial charge in [-0.3, -0.25) is 4.99 Å². The van der Waals surface area contributed by atoms with Crippen LogP contribution < -0.4 is 4.74 Å². The molecule has 0 aliphatic carbocycles. The predicted molar refractivity (Wildman–Crippen MR) is 166 cm³/mol. The summed E-state index contributed by atoms with van der Waals surface area (Å²) in [5, 5.41) is 10.6. The van der Waals surface area contributed by atoms with Crippen LogP contribution >= 0.6 is 0 Å². The number of unbranched alkanes of at least 4 members (excludes halogenated alkanes) is 9. The maximum Gasteiger partial charge on any atom is 0.123 e. The molecule has 0 radical (unpaired) electrons. The highest BCUT2D eigenvalue weighted by molar-refractivity contribution is 6.01. The summed E-state index contributed by atoms with van der Waals surface area (Å²) in [5.41, 5.74) is 3.21. The molecule has 0 spiro atoms. The number of hydrogen-bond donors (Lipinski definition) is 0. The molecule has 0 unspecified atom stereocenters. The molecule has 0 heterocycles. The van der Waals surface area contributed by atoms with Crippen molar-refractivity contribution in [3.05, 3.63) is 96.3 Å². The van der Waals surface area contributed by atoms with Crippen LogP contribution in [-0.4, -0.2) is 12.8 Å². The Kier molecular flexibility index (Phi) is 11.9.